The first-order valence-corrected chi connectivity index (χ1v) is 18.8. The Morgan fingerprint density at radius 2 is 1.02 bits per heavy atom. The Bertz CT molecular complexity index is 3190. The lowest BCUT2D eigenvalue weighted by Crippen LogP contribution is -2.11. The molecule has 11 aromatic rings. The molecule has 2 heterocycles. The lowest BCUT2D eigenvalue weighted by molar-refractivity contribution is 0.668. The molecule has 9 aromatic carbocycles. The second kappa shape index (κ2) is 12.6. The summed E-state index contributed by atoms with van der Waals surface area (Å²) in [6.07, 6.45) is 0. The number of hydrogen-bond donors (Lipinski definition) is 0. The van der Waals surface area contributed by atoms with Crippen LogP contribution in [0.2, 0.25) is 0 Å². The molecule has 55 heavy (non-hydrogen) atoms. The van der Waals surface area contributed by atoms with Crippen molar-refractivity contribution >= 4 is 71.6 Å². The molecule has 0 fully saturated rings. The van der Waals surface area contributed by atoms with Crippen LogP contribution in [0, 0.1) is 0 Å². The molecule has 11 rings (SSSR count). The minimum absolute atomic E-state index is 0.877. The summed E-state index contributed by atoms with van der Waals surface area (Å²) in [5, 5.41) is 7.16. The van der Waals surface area contributed by atoms with Gasteiger partial charge in [0.05, 0.1) is 16.7 Å². The fraction of sp³-hybridized carbons (Fsp3) is 0. The summed E-state index contributed by atoms with van der Waals surface area (Å²) in [5.41, 5.74) is 13.1. The second-order valence-electron chi connectivity index (χ2n) is 14.1. The van der Waals surface area contributed by atoms with Crippen LogP contribution in [0.25, 0.3) is 82.5 Å². The highest BCUT2D eigenvalue weighted by Crippen LogP contribution is 2.45. The number of rotatable bonds is 6. The highest BCUT2D eigenvalue weighted by atomic mass is 16.3. The van der Waals surface area contributed by atoms with Crippen molar-refractivity contribution in [1.82, 2.24) is 4.57 Å². The van der Waals surface area contributed by atoms with Gasteiger partial charge in [-0.25, -0.2) is 0 Å². The quantitative estimate of drug-likeness (QED) is 0.172. The third-order valence-electron chi connectivity index (χ3n) is 11.0. The molecule has 0 amide bonds. The predicted octanol–water partition coefficient (Wildman–Crippen LogP) is 14.6. The van der Waals surface area contributed by atoms with Crippen molar-refractivity contribution in [3.63, 3.8) is 0 Å². The number of nitrogens with zero attached hydrogens (tertiary/aromatic N) is 2. The van der Waals surface area contributed by atoms with Gasteiger partial charge >= 0.3 is 0 Å². The van der Waals surface area contributed by atoms with Crippen molar-refractivity contribution < 1.29 is 4.42 Å². The van der Waals surface area contributed by atoms with E-state index in [1.165, 1.54) is 38.2 Å². The van der Waals surface area contributed by atoms with E-state index in [2.05, 4.69) is 204 Å². The molecular weight excluding hydrogens is 669 g/mol. The SMILES string of the molecule is c1ccc(-c2ccc(N(c3ccc4c5c6ccccc6ccc5n(-c5ccc6c(c5)oc5ccccc56)c4c3)c3ccccc3-c3ccccc3)cc2)cc1. The average Bonchev–Trinajstić information content (AvgIpc) is 3.80. The van der Waals surface area contributed by atoms with E-state index >= 15 is 0 Å². The van der Waals surface area contributed by atoms with E-state index < -0.39 is 0 Å². The molecule has 0 saturated carbocycles. The minimum atomic E-state index is 0.877. The molecule has 0 saturated heterocycles. The molecule has 3 nitrogen and oxygen atoms in total. The fourth-order valence-electron chi connectivity index (χ4n) is 8.44. The zero-order valence-corrected chi connectivity index (χ0v) is 29.9. The number of para-hydroxylation sites is 2. The molecule has 3 heteroatoms. The van der Waals surface area contributed by atoms with Crippen molar-refractivity contribution in [3.8, 4) is 27.9 Å². The molecule has 0 bridgehead atoms. The van der Waals surface area contributed by atoms with Crippen LogP contribution in [0.5, 0.6) is 0 Å². The van der Waals surface area contributed by atoms with Gasteiger partial charge < -0.3 is 13.9 Å². The Morgan fingerprint density at radius 1 is 0.382 bits per heavy atom. The largest absolute Gasteiger partial charge is 0.456 e. The summed E-state index contributed by atoms with van der Waals surface area (Å²) in [5.74, 6) is 0. The molecule has 2 aromatic heterocycles. The third kappa shape index (κ3) is 5.13. The summed E-state index contributed by atoms with van der Waals surface area (Å²) in [7, 11) is 0. The first-order valence-electron chi connectivity index (χ1n) is 18.8. The second-order valence-corrected chi connectivity index (χ2v) is 14.1. The number of furan rings is 1. The van der Waals surface area contributed by atoms with Crippen molar-refractivity contribution in [2.45, 2.75) is 0 Å². The van der Waals surface area contributed by atoms with E-state index in [9.17, 15) is 0 Å². The predicted molar refractivity (Wildman–Crippen MR) is 231 cm³/mol. The third-order valence-corrected chi connectivity index (χ3v) is 11.0. The van der Waals surface area contributed by atoms with Crippen LogP contribution in [0.15, 0.2) is 211 Å². The van der Waals surface area contributed by atoms with Gasteiger partial charge in [-0.1, -0.05) is 146 Å². The number of benzene rings is 9. The Morgan fingerprint density at radius 3 is 1.85 bits per heavy atom. The first-order chi connectivity index (χ1) is 27.3. The van der Waals surface area contributed by atoms with E-state index in [4.69, 9.17) is 4.42 Å². The van der Waals surface area contributed by atoms with E-state index in [-0.39, 0.29) is 0 Å². The molecule has 0 radical (unpaired) electrons. The standard InChI is InChI=1S/C52H34N2O/c1-3-13-35(14-4-1)36-23-26-39(27-24-36)53(47-21-11-9-18-42(47)37-15-5-2-6-16-37)40-29-31-46-49(33-40)54(48-32-25-38-17-7-8-19-43(38)52(46)48)41-28-30-45-44-20-10-12-22-50(44)55-51(45)34-41/h1-34H. The van der Waals surface area contributed by atoms with Crippen LogP contribution in [-0.2, 0) is 0 Å². The zero-order valence-electron chi connectivity index (χ0n) is 29.9. The summed E-state index contributed by atoms with van der Waals surface area (Å²) in [6.45, 7) is 0. The Balaban J connectivity index is 1.18. The van der Waals surface area contributed by atoms with Gasteiger partial charge in [0.25, 0.3) is 0 Å². The van der Waals surface area contributed by atoms with Crippen molar-refractivity contribution in [3.05, 3.63) is 206 Å². The summed E-state index contributed by atoms with van der Waals surface area (Å²) >= 11 is 0. The van der Waals surface area contributed by atoms with Crippen LogP contribution in [0.3, 0.4) is 0 Å². The number of hydrogen-bond acceptors (Lipinski definition) is 2. The van der Waals surface area contributed by atoms with Crippen LogP contribution in [0.1, 0.15) is 0 Å². The monoisotopic (exact) mass is 702 g/mol. The van der Waals surface area contributed by atoms with Crippen molar-refractivity contribution in [2.24, 2.45) is 0 Å². The molecular formula is C52H34N2O. The molecule has 0 aliphatic heterocycles. The molecule has 0 atom stereocenters. The van der Waals surface area contributed by atoms with E-state index in [1.807, 2.05) is 12.1 Å². The molecule has 0 aliphatic rings. The number of fused-ring (bicyclic) bond motifs is 8. The van der Waals surface area contributed by atoms with Gasteiger partial charge in [-0.05, 0) is 82.1 Å². The topological polar surface area (TPSA) is 21.3 Å². The molecule has 0 spiro atoms. The number of anilines is 3. The van der Waals surface area contributed by atoms with Gasteiger partial charge in [-0.2, -0.15) is 0 Å². The van der Waals surface area contributed by atoms with Gasteiger partial charge in [-0.15, -0.1) is 0 Å². The van der Waals surface area contributed by atoms with E-state index in [0.717, 1.165) is 61.3 Å². The highest BCUT2D eigenvalue weighted by Gasteiger charge is 2.21. The lowest BCUT2D eigenvalue weighted by atomic mass is 10.0. The van der Waals surface area contributed by atoms with E-state index in [1.54, 1.807) is 0 Å². The van der Waals surface area contributed by atoms with Crippen LogP contribution < -0.4 is 4.90 Å². The smallest absolute Gasteiger partial charge is 0.137 e. The van der Waals surface area contributed by atoms with E-state index in [0.29, 0.717) is 0 Å². The fourth-order valence-corrected chi connectivity index (χ4v) is 8.44. The molecule has 0 N–H and O–H groups in total. The van der Waals surface area contributed by atoms with Crippen molar-refractivity contribution in [2.75, 3.05) is 4.90 Å². The maximum absolute atomic E-state index is 6.44. The minimum Gasteiger partial charge on any atom is -0.456 e. The van der Waals surface area contributed by atoms with Gasteiger partial charge in [0.2, 0.25) is 0 Å². The maximum Gasteiger partial charge on any atom is 0.137 e. The molecule has 258 valence electrons. The van der Waals surface area contributed by atoms with Crippen molar-refractivity contribution in [1.29, 1.82) is 0 Å². The zero-order chi connectivity index (χ0) is 36.3. The average molecular weight is 703 g/mol. The van der Waals surface area contributed by atoms with Gasteiger partial charge in [0.1, 0.15) is 11.2 Å². The summed E-state index contributed by atoms with van der Waals surface area (Å²) < 4.78 is 8.85. The molecule has 0 aliphatic carbocycles. The summed E-state index contributed by atoms with van der Waals surface area (Å²) in [6, 6.07) is 74.0. The Kier molecular flexibility index (Phi) is 7.17. The van der Waals surface area contributed by atoms with Crippen LogP contribution >= 0.6 is 0 Å². The summed E-state index contributed by atoms with van der Waals surface area (Å²) in [4.78, 5) is 2.40. The Labute approximate surface area is 318 Å². The van der Waals surface area contributed by atoms with Gasteiger partial charge in [0.15, 0.2) is 0 Å². The van der Waals surface area contributed by atoms with Gasteiger partial charge in [-0.3, -0.25) is 0 Å². The van der Waals surface area contributed by atoms with Crippen LogP contribution in [0.4, 0.5) is 17.1 Å². The van der Waals surface area contributed by atoms with Crippen LogP contribution in [-0.4, -0.2) is 4.57 Å². The lowest BCUT2D eigenvalue weighted by Gasteiger charge is -2.28. The first kappa shape index (κ1) is 31.2. The molecule has 0 unspecified atom stereocenters. The number of aromatic nitrogens is 1. The maximum atomic E-state index is 6.44. The normalized spacial score (nSPS) is 11.6. The Hall–Kier alpha value is -7.36. The van der Waals surface area contributed by atoms with Gasteiger partial charge in [0, 0.05) is 50.2 Å². The highest BCUT2D eigenvalue weighted by molar-refractivity contribution is 6.22.